The van der Waals surface area contributed by atoms with Gasteiger partial charge in [0.1, 0.15) is 0 Å². The van der Waals surface area contributed by atoms with Gasteiger partial charge in [-0.3, -0.25) is 9.98 Å². The molecular weight excluding hydrogens is 415 g/mol. The number of aliphatic imine (C=N–C) groups is 2. The Balaban J connectivity index is 1.88. The van der Waals surface area contributed by atoms with E-state index in [4.69, 9.17) is 27.9 Å². The van der Waals surface area contributed by atoms with E-state index < -0.39 is 5.54 Å². The molecule has 28 heavy (non-hydrogen) atoms. The number of nitrogens with zero attached hydrogens (tertiary/aromatic N) is 2. The summed E-state index contributed by atoms with van der Waals surface area (Å²) in [7, 11) is 1.37. The maximum absolute atomic E-state index is 12.2. The number of rotatable bonds is 9. The van der Waals surface area contributed by atoms with Gasteiger partial charge >= 0.3 is 5.97 Å². The van der Waals surface area contributed by atoms with Crippen molar-refractivity contribution in [3.05, 3.63) is 69.7 Å². The summed E-state index contributed by atoms with van der Waals surface area (Å²) in [5, 5.41) is 1.36. The Bertz CT molecular complexity index is 823. The lowest BCUT2D eigenvalue weighted by Gasteiger charge is -2.21. The molecule has 0 fully saturated rings. The number of benzene rings is 2. The molecule has 0 saturated heterocycles. The van der Waals surface area contributed by atoms with Crippen LogP contribution in [0.3, 0.4) is 0 Å². The fourth-order valence-corrected chi connectivity index (χ4v) is 3.46. The third-order valence-corrected chi connectivity index (χ3v) is 5.59. The van der Waals surface area contributed by atoms with Crippen LogP contribution in [0, 0.1) is 0 Å². The SMILES string of the molecule is COC(=O)C(C)(CSCCN=Cc1ccc(Cl)cc1)N=Cc1ccc(Cl)cc1. The van der Waals surface area contributed by atoms with Crippen LogP contribution >= 0.6 is 35.0 Å². The Morgan fingerprint density at radius 3 is 2.11 bits per heavy atom. The minimum Gasteiger partial charge on any atom is -0.467 e. The van der Waals surface area contributed by atoms with E-state index >= 15 is 0 Å². The highest BCUT2D eigenvalue weighted by atomic mass is 35.5. The Kier molecular flexibility index (Phi) is 9.03. The van der Waals surface area contributed by atoms with Gasteiger partial charge in [0, 0.05) is 40.5 Å². The maximum atomic E-state index is 12.2. The highest BCUT2D eigenvalue weighted by molar-refractivity contribution is 7.99. The normalized spacial score (nSPS) is 13.7. The zero-order chi connectivity index (χ0) is 20.4. The van der Waals surface area contributed by atoms with Crippen molar-refractivity contribution >= 4 is 53.4 Å². The molecule has 4 nitrogen and oxygen atoms in total. The van der Waals surface area contributed by atoms with Gasteiger partial charge in [0.05, 0.1) is 7.11 Å². The molecule has 148 valence electrons. The average molecular weight is 437 g/mol. The number of hydrogen-bond acceptors (Lipinski definition) is 5. The third-order valence-electron chi connectivity index (χ3n) is 3.85. The lowest BCUT2D eigenvalue weighted by molar-refractivity contribution is -0.145. The predicted molar refractivity (Wildman–Crippen MR) is 121 cm³/mol. The summed E-state index contributed by atoms with van der Waals surface area (Å²) >= 11 is 13.4. The first-order valence-electron chi connectivity index (χ1n) is 8.65. The summed E-state index contributed by atoms with van der Waals surface area (Å²) in [5.74, 6) is 0.905. The maximum Gasteiger partial charge on any atom is 0.334 e. The molecule has 0 N–H and O–H groups in total. The molecule has 0 aliphatic carbocycles. The van der Waals surface area contributed by atoms with Crippen LogP contribution in [0.25, 0.3) is 0 Å². The van der Waals surface area contributed by atoms with Gasteiger partial charge in [-0.05, 0) is 42.3 Å². The molecule has 0 spiro atoms. The van der Waals surface area contributed by atoms with Crippen molar-refractivity contribution in [3.8, 4) is 0 Å². The van der Waals surface area contributed by atoms with Crippen molar-refractivity contribution < 1.29 is 9.53 Å². The van der Waals surface area contributed by atoms with Crippen molar-refractivity contribution in [3.63, 3.8) is 0 Å². The van der Waals surface area contributed by atoms with Crippen molar-refractivity contribution in [2.24, 2.45) is 9.98 Å². The van der Waals surface area contributed by atoms with Gasteiger partial charge in [0.2, 0.25) is 0 Å². The second kappa shape index (κ2) is 11.2. The van der Waals surface area contributed by atoms with E-state index in [0.717, 1.165) is 16.9 Å². The number of carbonyl (C=O) groups is 1. The Morgan fingerprint density at radius 1 is 1.04 bits per heavy atom. The molecule has 0 heterocycles. The molecule has 2 aromatic rings. The van der Waals surface area contributed by atoms with Crippen molar-refractivity contribution in [1.29, 1.82) is 0 Å². The highest BCUT2D eigenvalue weighted by Gasteiger charge is 2.33. The van der Waals surface area contributed by atoms with E-state index in [1.54, 1.807) is 37.0 Å². The van der Waals surface area contributed by atoms with Crippen molar-refractivity contribution in [1.82, 2.24) is 0 Å². The lowest BCUT2D eigenvalue weighted by Crippen LogP contribution is -2.37. The summed E-state index contributed by atoms with van der Waals surface area (Å²) < 4.78 is 4.94. The van der Waals surface area contributed by atoms with Gasteiger partial charge in [0.25, 0.3) is 0 Å². The molecule has 1 unspecified atom stereocenters. The van der Waals surface area contributed by atoms with Crippen LogP contribution in [-0.4, -0.2) is 49.1 Å². The highest BCUT2D eigenvalue weighted by Crippen LogP contribution is 2.20. The van der Waals surface area contributed by atoms with Crippen LogP contribution < -0.4 is 0 Å². The second-order valence-corrected chi connectivity index (χ2v) is 8.19. The van der Waals surface area contributed by atoms with Crippen LogP contribution in [0.1, 0.15) is 18.1 Å². The topological polar surface area (TPSA) is 51.0 Å². The number of ether oxygens (including phenoxy) is 1. The Hall–Kier alpha value is -1.82. The molecule has 1 atom stereocenters. The van der Waals surface area contributed by atoms with Crippen LogP contribution in [0.2, 0.25) is 10.0 Å². The molecule has 2 aromatic carbocycles. The lowest BCUT2D eigenvalue weighted by atomic mass is 10.1. The van der Waals surface area contributed by atoms with Gasteiger partial charge < -0.3 is 4.74 Å². The van der Waals surface area contributed by atoms with Gasteiger partial charge in [-0.25, -0.2) is 4.79 Å². The van der Waals surface area contributed by atoms with Crippen LogP contribution in [0.4, 0.5) is 0 Å². The molecule has 7 heteroatoms. The summed E-state index contributed by atoms with van der Waals surface area (Å²) in [4.78, 5) is 21.1. The molecule has 0 bridgehead atoms. The van der Waals surface area contributed by atoms with E-state index in [1.165, 1.54) is 7.11 Å². The van der Waals surface area contributed by atoms with Gasteiger partial charge in [-0.2, -0.15) is 11.8 Å². The summed E-state index contributed by atoms with van der Waals surface area (Å²) in [5.41, 5.74) is 0.914. The van der Waals surface area contributed by atoms with Crippen molar-refractivity contribution in [2.45, 2.75) is 12.5 Å². The number of methoxy groups -OCH3 is 1. The number of thioether (sulfide) groups is 1. The summed E-state index contributed by atoms with van der Waals surface area (Å²) in [6.45, 7) is 2.42. The number of halogens is 2. The number of hydrogen-bond donors (Lipinski definition) is 0. The first-order valence-corrected chi connectivity index (χ1v) is 10.6. The minimum atomic E-state index is -0.959. The summed E-state index contributed by atoms with van der Waals surface area (Å²) in [6.07, 6.45) is 3.49. The zero-order valence-corrected chi connectivity index (χ0v) is 18.1. The van der Waals surface area contributed by atoms with Gasteiger partial charge in [-0.1, -0.05) is 47.5 Å². The average Bonchev–Trinajstić information content (AvgIpc) is 2.71. The van der Waals surface area contributed by atoms with Crippen LogP contribution in [0.5, 0.6) is 0 Å². The van der Waals surface area contributed by atoms with E-state index in [2.05, 4.69) is 9.98 Å². The first kappa shape index (κ1) is 22.5. The summed E-state index contributed by atoms with van der Waals surface area (Å²) in [6, 6.07) is 14.8. The largest absolute Gasteiger partial charge is 0.467 e. The molecule has 0 amide bonds. The third kappa shape index (κ3) is 7.30. The molecule has 0 radical (unpaired) electrons. The van der Waals surface area contributed by atoms with Gasteiger partial charge in [0.15, 0.2) is 5.54 Å². The first-order chi connectivity index (χ1) is 13.4. The van der Waals surface area contributed by atoms with E-state index in [0.29, 0.717) is 22.3 Å². The smallest absolute Gasteiger partial charge is 0.334 e. The van der Waals surface area contributed by atoms with Crippen molar-refractivity contribution in [2.75, 3.05) is 25.2 Å². The van der Waals surface area contributed by atoms with E-state index in [9.17, 15) is 4.79 Å². The fourth-order valence-electron chi connectivity index (χ4n) is 2.24. The zero-order valence-electron chi connectivity index (χ0n) is 15.8. The standard InChI is InChI=1S/C21H22Cl2N2O2S/c1-21(20(26)27-2,25-14-17-5-9-19(23)10-6-17)15-28-12-11-24-13-16-3-7-18(22)8-4-16/h3-10,13-14H,11-12,15H2,1-2H3. The monoisotopic (exact) mass is 436 g/mol. The van der Waals surface area contributed by atoms with E-state index in [-0.39, 0.29) is 5.97 Å². The second-order valence-electron chi connectivity index (χ2n) is 6.21. The molecule has 2 rings (SSSR count). The Labute approximate surface area is 180 Å². The van der Waals surface area contributed by atoms with Crippen LogP contribution in [-0.2, 0) is 9.53 Å². The molecule has 0 aromatic heterocycles. The van der Waals surface area contributed by atoms with Crippen LogP contribution in [0.15, 0.2) is 58.5 Å². The van der Waals surface area contributed by atoms with E-state index in [1.807, 2.05) is 42.6 Å². The molecular formula is C21H22Cl2N2O2S. The molecule has 0 saturated carbocycles. The predicted octanol–water partition coefficient (Wildman–Crippen LogP) is 5.20. The number of carbonyl (C=O) groups excluding carboxylic acids is 1. The molecule has 0 aliphatic heterocycles. The van der Waals surface area contributed by atoms with Gasteiger partial charge in [-0.15, -0.1) is 0 Å². The Morgan fingerprint density at radius 2 is 1.57 bits per heavy atom. The fraction of sp³-hybridized carbons (Fsp3) is 0.286. The number of esters is 1. The quantitative estimate of drug-likeness (QED) is 0.308. The minimum absolute atomic E-state index is 0.366. The molecule has 0 aliphatic rings.